The first-order valence-electron chi connectivity index (χ1n) is 11.3. The normalized spacial score (nSPS) is 12.2. The number of nitro benzene ring substituents is 1. The van der Waals surface area contributed by atoms with Gasteiger partial charge in [-0.3, -0.25) is 14.9 Å². The van der Waals surface area contributed by atoms with Crippen molar-refractivity contribution in [2.45, 2.75) is 6.61 Å². The predicted molar refractivity (Wildman–Crippen MR) is 135 cm³/mol. The van der Waals surface area contributed by atoms with Crippen LogP contribution in [0.5, 0.6) is 17.2 Å². The summed E-state index contributed by atoms with van der Waals surface area (Å²) in [5, 5.41) is 23.6. The van der Waals surface area contributed by atoms with E-state index >= 15 is 0 Å². The van der Waals surface area contributed by atoms with E-state index in [2.05, 4.69) is 10.1 Å². The number of para-hydroxylation sites is 1. The number of nitrogens with zero attached hydrogens (tertiary/aromatic N) is 2. The first-order valence-corrected chi connectivity index (χ1v) is 11.3. The van der Waals surface area contributed by atoms with E-state index in [1.807, 2.05) is 6.07 Å². The summed E-state index contributed by atoms with van der Waals surface area (Å²) in [4.78, 5) is 35.4. The maximum atomic E-state index is 12.9. The van der Waals surface area contributed by atoms with Crippen molar-refractivity contribution in [1.82, 2.24) is 0 Å². The Morgan fingerprint density at radius 3 is 2.45 bits per heavy atom. The highest BCUT2D eigenvalue weighted by atomic mass is 16.6. The summed E-state index contributed by atoms with van der Waals surface area (Å²) >= 11 is 0. The van der Waals surface area contributed by atoms with Crippen LogP contribution in [0.3, 0.4) is 0 Å². The highest BCUT2D eigenvalue weighted by Crippen LogP contribution is 2.39. The summed E-state index contributed by atoms with van der Waals surface area (Å²) in [6.07, 6.45) is 1.33. The van der Waals surface area contributed by atoms with Crippen molar-refractivity contribution < 1.29 is 33.5 Å². The number of benzene rings is 3. The molecule has 0 radical (unpaired) electrons. The number of fused-ring (bicyclic) bond motifs is 1. The Hall–Kier alpha value is -5.37. The van der Waals surface area contributed by atoms with Gasteiger partial charge in [0.1, 0.15) is 42.9 Å². The minimum atomic E-state index is -0.847. The van der Waals surface area contributed by atoms with E-state index in [0.29, 0.717) is 16.9 Å². The van der Waals surface area contributed by atoms with Crippen molar-refractivity contribution in [3.05, 3.63) is 93.0 Å². The van der Waals surface area contributed by atoms with E-state index in [9.17, 15) is 25.0 Å². The molecule has 0 saturated heterocycles. The molecule has 1 aliphatic heterocycles. The lowest BCUT2D eigenvalue weighted by Crippen LogP contribution is -2.18. The van der Waals surface area contributed by atoms with Crippen LogP contribution >= 0.6 is 0 Å². The Kier molecular flexibility index (Phi) is 7.83. The monoisotopic (exact) mass is 515 g/mol. The number of nitrogens with one attached hydrogen (secondary N) is 1. The van der Waals surface area contributed by atoms with Crippen molar-refractivity contribution in [1.29, 1.82) is 5.26 Å². The van der Waals surface area contributed by atoms with Crippen LogP contribution in [0.4, 0.5) is 11.4 Å². The Labute approximate surface area is 217 Å². The number of amides is 1. The van der Waals surface area contributed by atoms with Gasteiger partial charge in [-0.15, -0.1) is 0 Å². The fourth-order valence-electron chi connectivity index (χ4n) is 3.57. The van der Waals surface area contributed by atoms with Gasteiger partial charge in [-0.05, 0) is 29.8 Å². The van der Waals surface area contributed by atoms with E-state index in [4.69, 9.17) is 14.2 Å². The van der Waals surface area contributed by atoms with Crippen molar-refractivity contribution in [2.75, 3.05) is 25.6 Å². The number of nitro groups is 1. The fraction of sp³-hybridized carbons (Fsp3) is 0.148. The Morgan fingerprint density at radius 1 is 1.11 bits per heavy atom. The molecule has 0 aliphatic carbocycles. The van der Waals surface area contributed by atoms with Crippen LogP contribution in [0.1, 0.15) is 21.5 Å². The van der Waals surface area contributed by atoms with E-state index in [-0.39, 0.29) is 42.6 Å². The molecule has 0 unspecified atom stereocenters. The molecule has 3 aromatic rings. The molecule has 11 nitrogen and oxygen atoms in total. The molecule has 1 N–H and O–H groups in total. The van der Waals surface area contributed by atoms with Crippen LogP contribution < -0.4 is 19.5 Å². The van der Waals surface area contributed by atoms with Crippen LogP contribution in [-0.2, 0) is 16.1 Å². The first kappa shape index (κ1) is 25.7. The Balaban J connectivity index is 1.53. The van der Waals surface area contributed by atoms with Crippen LogP contribution in [0, 0.1) is 21.4 Å². The summed E-state index contributed by atoms with van der Waals surface area (Å²) in [5.41, 5.74) is 0.796. The van der Waals surface area contributed by atoms with Gasteiger partial charge in [0.25, 0.3) is 11.6 Å². The first-order chi connectivity index (χ1) is 18.4. The standard InChI is InChI=1S/C27H21N3O8/c1-35-27(32)18-8-6-17(7-9-18)16-38-23-5-3-2-4-19(23)12-20(15-28)26(31)29-21-13-24-25(37-11-10-36-24)14-22(21)30(33)34/h2-9,12-14H,10-11,16H2,1H3,(H,29,31). The van der Waals surface area contributed by atoms with Crippen LogP contribution in [0.15, 0.2) is 66.2 Å². The van der Waals surface area contributed by atoms with Gasteiger partial charge in [0.2, 0.25) is 0 Å². The molecule has 0 bridgehead atoms. The minimum absolute atomic E-state index is 0.134. The molecule has 0 spiro atoms. The summed E-state index contributed by atoms with van der Waals surface area (Å²) in [6.45, 7) is 0.662. The molecule has 0 fully saturated rings. The number of esters is 1. The lowest BCUT2D eigenvalue weighted by molar-refractivity contribution is -0.384. The molecule has 0 atom stereocenters. The molecule has 38 heavy (non-hydrogen) atoms. The Bertz CT molecular complexity index is 1460. The van der Waals surface area contributed by atoms with Crippen molar-refractivity contribution in [3.63, 3.8) is 0 Å². The average Bonchev–Trinajstić information content (AvgIpc) is 2.94. The summed E-state index contributed by atoms with van der Waals surface area (Å²) in [7, 11) is 1.30. The number of rotatable bonds is 8. The van der Waals surface area contributed by atoms with Crippen molar-refractivity contribution >= 4 is 29.3 Å². The Morgan fingerprint density at radius 2 is 1.79 bits per heavy atom. The number of anilines is 1. The van der Waals surface area contributed by atoms with Crippen molar-refractivity contribution in [2.24, 2.45) is 0 Å². The van der Waals surface area contributed by atoms with Gasteiger partial charge >= 0.3 is 5.97 Å². The molecule has 192 valence electrons. The SMILES string of the molecule is COC(=O)c1ccc(COc2ccccc2C=C(C#N)C(=O)Nc2cc3c(cc2[N+](=O)[O-])OCCO3)cc1. The number of carbonyl (C=O) groups is 2. The lowest BCUT2D eigenvalue weighted by atomic mass is 10.1. The van der Waals surface area contributed by atoms with Gasteiger partial charge < -0.3 is 24.3 Å². The van der Waals surface area contributed by atoms with Crippen LogP contribution in [-0.4, -0.2) is 37.1 Å². The number of carbonyl (C=O) groups excluding carboxylic acids is 2. The summed E-state index contributed by atoms with van der Waals surface area (Å²) < 4.78 is 21.4. The molecule has 4 rings (SSSR count). The third-order valence-electron chi connectivity index (χ3n) is 5.46. The van der Waals surface area contributed by atoms with Gasteiger partial charge in [-0.2, -0.15) is 5.26 Å². The summed E-state index contributed by atoms with van der Waals surface area (Å²) in [5.74, 6) is -0.450. The predicted octanol–water partition coefficient (Wildman–Crippen LogP) is 4.28. The molecule has 1 amide bonds. The van der Waals surface area contributed by atoms with Gasteiger partial charge in [-0.1, -0.05) is 30.3 Å². The molecular weight excluding hydrogens is 494 g/mol. The van der Waals surface area contributed by atoms with E-state index < -0.39 is 22.5 Å². The van der Waals surface area contributed by atoms with Crippen molar-refractivity contribution in [3.8, 4) is 23.3 Å². The van der Waals surface area contributed by atoms with Gasteiger partial charge in [0.15, 0.2) is 11.5 Å². The maximum absolute atomic E-state index is 12.9. The maximum Gasteiger partial charge on any atom is 0.337 e. The van der Waals surface area contributed by atoms with E-state index in [1.54, 1.807) is 48.5 Å². The topological polar surface area (TPSA) is 150 Å². The molecule has 0 saturated carbocycles. The number of hydrogen-bond donors (Lipinski definition) is 1. The second-order valence-electron chi connectivity index (χ2n) is 7.91. The van der Waals surface area contributed by atoms with Crippen LogP contribution in [0.2, 0.25) is 0 Å². The smallest absolute Gasteiger partial charge is 0.337 e. The zero-order valence-electron chi connectivity index (χ0n) is 20.1. The molecule has 0 aromatic heterocycles. The molecular formula is C27H21N3O8. The number of ether oxygens (including phenoxy) is 4. The lowest BCUT2D eigenvalue weighted by Gasteiger charge is -2.19. The third kappa shape index (κ3) is 5.88. The quantitative estimate of drug-likeness (QED) is 0.152. The second kappa shape index (κ2) is 11.6. The molecule has 3 aromatic carbocycles. The average molecular weight is 515 g/mol. The van der Waals surface area contributed by atoms with Gasteiger partial charge in [0.05, 0.1) is 23.7 Å². The highest BCUT2D eigenvalue weighted by molar-refractivity contribution is 6.10. The van der Waals surface area contributed by atoms with Gasteiger partial charge in [0, 0.05) is 11.6 Å². The number of nitriles is 1. The molecule has 1 aliphatic rings. The molecule has 11 heteroatoms. The minimum Gasteiger partial charge on any atom is -0.488 e. The van der Waals surface area contributed by atoms with Crippen LogP contribution in [0.25, 0.3) is 6.08 Å². The van der Waals surface area contributed by atoms with Gasteiger partial charge in [-0.25, -0.2) is 4.79 Å². The second-order valence-corrected chi connectivity index (χ2v) is 7.91. The highest BCUT2D eigenvalue weighted by Gasteiger charge is 2.24. The zero-order valence-corrected chi connectivity index (χ0v) is 20.1. The summed E-state index contributed by atoms with van der Waals surface area (Å²) in [6, 6.07) is 17.7. The number of hydrogen-bond acceptors (Lipinski definition) is 9. The molecule has 1 heterocycles. The van der Waals surface area contributed by atoms with E-state index in [1.165, 1.54) is 25.3 Å². The third-order valence-corrected chi connectivity index (χ3v) is 5.46. The largest absolute Gasteiger partial charge is 0.488 e. The van der Waals surface area contributed by atoms with E-state index in [0.717, 1.165) is 5.56 Å². The zero-order chi connectivity index (χ0) is 27.1. The fourth-order valence-corrected chi connectivity index (χ4v) is 3.57. The number of methoxy groups -OCH3 is 1.